The second-order valence-corrected chi connectivity index (χ2v) is 11.1. The third kappa shape index (κ3) is 2.75. The predicted molar refractivity (Wildman–Crippen MR) is 117 cm³/mol. The Morgan fingerprint density at radius 2 is 1.97 bits per heavy atom. The average Bonchev–Trinajstić information content (AvgIpc) is 3.19. The van der Waals surface area contributed by atoms with Gasteiger partial charge in [0.05, 0.1) is 6.20 Å². The molecule has 3 nitrogen and oxygen atoms in total. The van der Waals surface area contributed by atoms with Crippen molar-refractivity contribution in [2.45, 2.75) is 92.0 Å². The van der Waals surface area contributed by atoms with Crippen molar-refractivity contribution in [3.05, 3.63) is 23.0 Å². The van der Waals surface area contributed by atoms with Gasteiger partial charge in [-0.15, -0.1) is 0 Å². The van der Waals surface area contributed by atoms with Gasteiger partial charge < -0.3 is 0 Å². The molecule has 1 aromatic heterocycles. The van der Waals surface area contributed by atoms with E-state index in [1.54, 1.807) is 0 Å². The van der Waals surface area contributed by atoms with Gasteiger partial charge in [-0.25, -0.2) is 0 Å². The van der Waals surface area contributed by atoms with E-state index in [1.165, 1.54) is 50.6 Å². The lowest BCUT2D eigenvalue weighted by Crippen LogP contribution is -2.52. The first-order valence-corrected chi connectivity index (χ1v) is 12.2. The number of fused-ring (bicyclic) bond motifs is 5. The van der Waals surface area contributed by atoms with Gasteiger partial charge in [0.1, 0.15) is 0 Å². The average molecular weight is 395 g/mol. The lowest BCUT2D eigenvalue weighted by Gasteiger charge is -2.59. The zero-order valence-corrected chi connectivity index (χ0v) is 18.8. The van der Waals surface area contributed by atoms with Gasteiger partial charge in [-0.2, -0.15) is 5.10 Å². The van der Waals surface area contributed by atoms with Crippen LogP contribution in [0.2, 0.25) is 0 Å². The number of aromatic nitrogens is 2. The third-order valence-electron chi connectivity index (χ3n) is 9.99. The van der Waals surface area contributed by atoms with E-state index in [9.17, 15) is 4.79 Å². The highest BCUT2D eigenvalue weighted by atomic mass is 16.1. The minimum atomic E-state index is -0.125. The summed E-state index contributed by atoms with van der Waals surface area (Å²) < 4.78 is 2.03. The zero-order chi connectivity index (χ0) is 20.4. The van der Waals surface area contributed by atoms with Crippen molar-refractivity contribution < 1.29 is 4.79 Å². The molecule has 3 heteroatoms. The Balaban J connectivity index is 1.46. The molecule has 0 radical (unpaired) electrons. The van der Waals surface area contributed by atoms with Crippen LogP contribution in [0, 0.1) is 41.4 Å². The number of hydrogen-bond acceptors (Lipinski definition) is 2. The van der Waals surface area contributed by atoms with Crippen molar-refractivity contribution in [3.8, 4) is 0 Å². The molecule has 4 saturated carbocycles. The Labute approximate surface area is 176 Å². The Hall–Kier alpha value is -1.38. The molecule has 0 aromatic carbocycles. The van der Waals surface area contributed by atoms with Gasteiger partial charge >= 0.3 is 0 Å². The van der Waals surface area contributed by atoms with Crippen molar-refractivity contribution in [3.63, 3.8) is 0 Å². The van der Waals surface area contributed by atoms with Crippen LogP contribution in [0.15, 0.2) is 11.8 Å². The number of allylic oxidation sites excluding steroid dienone is 1. The molecule has 4 aliphatic carbocycles. The molecule has 29 heavy (non-hydrogen) atoms. The minimum Gasteiger partial charge on any atom is -0.294 e. The van der Waals surface area contributed by atoms with Crippen LogP contribution in [0.5, 0.6) is 0 Å². The van der Waals surface area contributed by atoms with Crippen LogP contribution in [0.1, 0.15) is 89.8 Å². The Morgan fingerprint density at radius 3 is 2.72 bits per heavy atom. The molecule has 0 amide bonds. The molecular weight excluding hydrogens is 356 g/mol. The Bertz CT molecular complexity index is 851. The fraction of sp³-hybridized carbons (Fsp3) is 0.769. The van der Waals surface area contributed by atoms with Crippen LogP contribution in [0.4, 0.5) is 0 Å². The maximum Gasteiger partial charge on any atom is 0.165 e. The number of hydrogen-bond donors (Lipinski definition) is 0. The summed E-state index contributed by atoms with van der Waals surface area (Å²) in [6.07, 6.45) is 16.0. The smallest absolute Gasteiger partial charge is 0.165 e. The van der Waals surface area contributed by atoms with Crippen LogP contribution >= 0.6 is 0 Å². The highest BCUT2D eigenvalue weighted by Gasteiger charge is 2.60. The number of carbonyl (C=O) groups is 1. The second kappa shape index (κ2) is 6.82. The number of rotatable bonds is 2. The van der Waals surface area contributed by atoms with E-state index in [2.05, 4.69) is 38.9 Å². The first-order valence-electron chi connectivity index (χ1n) is 12.2. The van der Waals surface area contributed by atoms with E-state index in [4.69, 9.17) is 0 Å². The van der Waals surface area contributed by atoms with Gasteiger partial charge in [-0.05, 0) is 99.5 Å². The van der Waals surface area contributed by atoms with Crippen molar-refractivity contribution >= 4 is 11.9 Å². The third-order valence-corrected chi connectivity index (χ3v) is 9.99. The molecule has 1 heterocycles. The fourth-order valence-corrected chi connectivity index (χ4v) is 8.20. The van der Waals surface area contributed by atoms with Crippen LogP contribution in [0.3, 0.4) is 0 Å². The standard InChI is InChI=1S/C26H38N2O/c1-5-28-17(2)19(16-27-28)14-18-15-23-21-10-9-20-8-6-7-12-25(20,3)22(21)11-13-26(23,4)24(18)29/h14,16,20-23H,5-13,15H2,1-4H3/b18-14-/t20-,21+,22+,23+,25-,26-/m0/s1. The van der Waals surface area contributed by atoms with Crippen LogP contribution in [0.25, 0.3) is 6.08 Å². The van der Waals surface area contributed by atoms with Crippen molar-refractivity contribution in [2.24, 2.45) is 34.5 Å². The first kappa shape index (κ1) is 19.6. The Morgan fingerprint density at radius 1 is 1.14 bits per heavy atom. The monoisotopic (exact) mass is 394 g/mol. The minimum absolute atomic E-state index is 0.125. The summed E-state index contributed by atoms with van der Waals surface area (Å²) in [6, 6.07) is 0. The Kier molecular flexibility index (Phi) is 4.60. The van der Waals surface area contributed by atoms with E-state index in [0.29, 0.717) is 17.1 Å². The van der Waals surface area contributed by atoms with Crippen molar-refractivity contribution in [2.75, 3.05) is 0 Å². The van der Waals surface area contributed by atoms with Crippen LogP contribution in [-0.2, 0) is 11.3 Å². The van der Waals surface area contributed by atoms with Gasteiger partial charge in [0, 0.05) is 23.2 Å². The molecule has 0 unspecified atom stereocenters. The number of ketones is 1. The number of Topliss-reactive ketones (excluding diaryl/α,β-unsaturated/α-hetero) is 1. The molecule has 4 fully saturated rings. The summed E-state index contributed by atoms with van der Waals surface area (Å²) in [5, 5.41) is 4.49. The van der Waals surface area contributed by atoms with Gasteiger partial charge in [0.15, 0.2) is 5.78 Å². The van der Waals surface area contributed by atoms with E-state index >= 15 is 0 Å². The lowest BCUT2D eigenvalue weighted by molar-refractivity contribution is -0.137. The molecule has 4 aliphatic rings. The summed E-state index contributed by atoms with van der Waals surface area (Å²) >= 11 is 0. The van der Waals surface area contributed by atoms with Gasteiger partial charge in [-0.3, -0.25) is 9.48 Å². The molecule has 0 spiro atoms. The quantitative estimate of drug-likeness (QED) is 0.559. The summed E-state index contributed by atoms with van der Waals surface area (Å²) in [5.74, 6) is 3.54. The normalized spacial score (nSPS) is 43.2. The fourth-order valence-electron chi connectivity index (χ4n) is 8.20. The molecule has 0 N–H and O–H groups in total. The lowest BCUT2D eigenvalue weighted by atomic mass is 9.45. The molecule has 5 rings (SSSR count). The summed E-state index contributed by atoms with van der Waals surface area (Å²) in [4.78, 5) is 13.6. The molecule has 0 saturated heterocycles. The molecule has 0 aliphatic heterocycles. The zero-order valence-electron chi connectivity index (χ0n) is 18.8. The topological polar surface area (TPSA) is 34.9 Å². The maximum atomic E-state index is 13.6. The van der Waals surface area contributed by atoms with E-state index in [1.807, 2.05) is 10.9 Å². The van der Waals surface area contributed by atoms with E-state index in [0.717, 1.165) is 48.3 Å². The molecule has 0 bridgehead atoms. The number of carbonyl (C=O) groups excluding carboxylic acids is 1. The van der Waals surface area contributed by atoms with E-state index < -0.39 is 0 Å². The van der Waals surface area contributed by atoms with Gasteiger partial charge in [0.2, 0.25) is 0 Å². The summed E-state index contributed by atoms with van der Waals surface area (Å²) in [6.45, 7) is 10.0. The summed E-state index contributed by atoms with van der Waals surface area (Å²) in [7, 11) is 0. The molecule has 158 valence electrons. The number of aryl methyl sites for hydroxylation is 1. The van der Waals surface area contributed by atoms with Gasteiger partial charge in [-0.1, -0.05) is 26.7 Å². The highest BCUT2D eigenvalue weighted by Crippen LogP contribution is 2.66. The largest absolute Gasteiger partial charge is 0.294 e. The first-order chi connectivity index (χ1) is 13.9. The molecule has 6 atom stereocenters. The maximum absolute atomic E-state index is 13.6. The van der Waals surface area contributed by atoms with E-state index in [-0.39, 0.29) is 5.41 Å². The second-order valence-electron chi connectivity index (χ2n) is 11.1. The van der Waals surface area contributed by atoms with Crippen molar-refractivity contribution in [1.29, 1.82) is 0 Å². The molecular formula is C26H38N2O. The van der Waals surface area contributed by atoms with Gasteiger partial charge in [0.25, 0.3) is 0 Å². The predicted octanol–water partition coefficient (Wildman–Crippen LogP) is 6.21. The number of nitrogens with zero attached hydrogens (tertiary/aromatic N) is 2. The van der Waals surface area contributed by atoms with Crippen molar-refractivity contribution in [1.82, 2.24) is 9.78 Å². The molecule has 1 aromatic rings. The van der Waals surface area contributed by atoms with Crippen LogP contribution in [-0.4, -0.2) is 15.6 Å². The van der Waals surface area contributed by atoms with Crippen LogP contribution < -0.4 is 0 Å². The summed E-state index contributed by atoms with van der Waals surface area (Å²) in [5.41, 5.74) is 3.81. The highest BCUT2D eigenvalue weighted by molar-refractivity contribution is 6.06. The SMILES string of the molecule is CCn1ncc(/C=C2/C[C@@H]3[C@@H]4CC[C@@H]5CCCC[C@]5(C)[C@@H]4CC[C@]3(C)C2=O)c1C.